The minimum absolute atomic E-state index is 0.0957. The number of ether oxygens (including phenoxy) is 2. The summed E-state index contributed by atoms with van der Waals surface area (Å²) in [6, 6.07) is 12.3. The van der Waals surface area contributed by atoms with E-state index in [1.165, 1.54) is 18.4 Å². The van der Waals surface area contributed by atoms with E-state index in [2.05, 4.69) is 18.8 Å². The van der Waals surface area contributed by atoms with E-state index in [9.17, 15) is 14.4 Å². The summed E-state index contributed by atoms with van der Waals surface area (Å²) in [5.41, 5.74) is 1.50. The molecule has 0 atom stereocenters. The summed E-state index contributed by atoms with van der Waals surface area (Å²) in [7, 11) is 1.31. The molecule has 0 saturated carbocycles. The van der Waals surface area contributed by atoms with Gasteiger partial charge in [-0.3, -0.25) is 9.59 Å². The molecule has 0 aliphatic heterocycles. The summed E-state index contributed by atoms with van der Waals surface area (Å²) in [6.45, 7) is 6.09. The number of benzene rings is 2. The first-order valence-corrected chi connectivity index (χ1v) is 11.7. The Labute approximate surface area is 194 Å². The summed E-state index contributed by atoms with van der Waals surface area (Å²) in [5.74, 6) is -1.32. The molecule has 0 unspecified atom stereocenters. The van der Waals surface area contributed by atoms with E-state index in [1.807, 2.05) is 12.1 Å². The van der Waals surface area contributed by atoms with Crippen LogP contribution in [0, 0.1) is 0 Å². The number of amides is 1. The second kappa shape index (κ2) is 10.6. The molecular formula is C23H24N2O5S2. The Hall–Kier alpha value is -2.91. The zero-order valence-corrected chi connectivity index (χ0v) is 19.9. The van der Waals surface area contributed by atoms with Gasteiger partial charge in [0.15, 0.2) is 4.80 Å². The topological polar surface area (TPSA) is 87.0 Å². The molecule has 1 heterocycles. The van der Waals surface area contributed by atoms with Crippen LogP contribution in [-0.2, 0) is 20.8 Å². The molecule has 0 bridgehead atoms. The third-order valence-electron chi connectivity index (χ3n) is 4.37. The highest BCUT2D eigenvalue weighted by Gasteiger charge is 2.15. The molecule has 0 saturated heterocycles. The van der Waals surface area contributed by atoms with Crippen molar-refractivity contribution >= 4 is 51.2 Å². The fourth-order valence-electron chi connectivity index (χ4n) is 2.99. The van der Waals surface area contributed by atoms with Crippen molar-refractivity contribution in [3.05, 3.63) is 58.4 Å². The number of hydrogen-bond donors (Lipinski definition) is 0. The number of thiazole rings is 1. The van der Waals surface area contributed by atoms with E-state index in [0.29, 0.717) is 31.4 Å². The van der Waals surface area contributed by atoms with E-state index in [0.717, 1.165) is 4.90 Å². The summed E-state index contributed by atoms with van der Waals surface area (Å²) in [6.07, 6.45) is 0. The highest BCUT2D eigenvalue weighted by Crippen LogP contribution is 2.23. The first kappa shape index (κ1) is 23.7. The maximum atomic E-state index is 12.8. The van der Waals surface area contributed by atoms with Crippen molar-refractivity contribution in [2.75, 3.05) is 13.7 Å². The molecule has 168 valence electrons. The summed E-state index contributed by atoms with van der Waals surface area (Å²) >= 11 is 2.93. The van der Waals surface area contributed by atoms with E-state index in [1.54, 1.807) is 53.6 Å². The number of nitrogens with zero attached hydrogens (tertiary/aromatic N) is 2. The van der Waals surface area contributed by atoms with Gasteiger partial charge in [0.25, 0.3) is 5.91 Å². The van der Waals surface area contributed by atoms with Crippen LogP contribution >= 0.6 is 23.1 Å². The monoisotopic (exact) mass is 472 g/mol. The van der Waals surface area contributed by atoms with Crippen LogP contribution < -0.4 is 4.80 Å². The maximum absolute atomic E-state index is 12.8. The van der Waals surface area contributed by atoms with Crippen LogP contribution in [-0.4, -0.2) is 41.4 Å². The smallest absolute Gasteiger partial charge is 0.337 e. The molecule has 0 radical (unpaired) electrons. The number of carbonyl (C=O) groups excluding carboxylic acids is 3. The molecule has 1 aromatic heterocycles. The lowest BCUT2D eigenvalue weighted by Gasteiger charge is -2.06. The van der Waals surface area contributed by atoms with Gasteiger partial charge in [0.05, 0.1) is 29.5 Å². The molecule has 9 heteroatoms. The standard InChI is InChI=1S/C23H24N2O5S2/c1-5-30-20(26)13-25-18-11-8-16(22(28)29-4)12-19(18)32-23(25)24-21(27)15-6-9-17(10-7-15)31-14(2)3/h6-12,14H,5,13H2,1-4H3. The van der Waals surface area contributed by atoms with Gasteiger partial charge >= 0.3 is 11.9 Å². The molecule has 2 aromatic carbocycles. The fraction of sp³-hybridized carbons (Fsp3) is 0.304. The third-order valence-corrected chi connectivity index (χ3v) is 6.42. The van der Waals surface area contributed by atoms with E-state index in [4.69, 9.17) is 9.47 Å². The second-order valence-electron chi connectivity index (χ2n) is 7.06. The lowest BCUT2D eigenvalue weighted by Crippen LogP contribution is -2.23. The normalized spacial score (nSPS) is 11.7. The largest absolute Gasteiger partial charge is 0.465 e. The number of carbonyl (C=O) groups is 3. The third kappa shape index (κ3) is 5.66. The average Bonchev–Trinajstić information content (AvgIpc) is 3.09. The first-order valence-electron chi connectivity index (χ1n) is 10.1. The Bertz CT molecular complexity index is 1210. The van der Waals surface area contributed by atoms with Gasteiger partial charge in [0.2, 0.25) is 0 Å². The van der Waals surface area contributed by atoms with Crippen LogP contribution in [0.5, 0.6) is 0 Å². The Kier molecular flexibility index (Phi) is 7.87. The van der Waals surface area contributed by atoms with E-state index >= 15 is 0 Å². The van der Waals surface area contributed by atoms with Gasteiger partial charge in [-0.15, -0.1) is 11.8 Å². The van der Waals surface area contributed by atoms with E-state index in [-0.39, 0.29) is 13.2 Å². The lowest BCUT2D eigenvalue weighted by molar-refractivity contribution is -0.143. The summed E-state index contributed by atoms with van der Waals surface area (Å²) in [4.78, 5) is 42.6. The molecule has 3 aromatic rings. The molecule has 0 N–H and O–H groups in total. The molecular weight excluding hydrogens is 448 g/mol. The van der Waals surface area contributed by atoms with Crippen LogP contribution in [0.4, 0.5) is 0 Å². The number of rotatable bonds is 7. The molecule has 0 aliphatic carbocycles. The van der Waals surface area contributed by atoms with Crippen molar-refractivity contribution in [3.63, 3.8) is 0 Å². The number of fused-ring (bicyclic) bond motifs is 1. The van der Waals surface area contributed by atoms with Gasteiger partial charge in [0.1, 0.15) is 6.54 Å². The van der Waals surface area contributed by atoms with Crippen LogP contribution in [0.25, 0.3) is 10.2 Å². The molecule has 1 amide bonds. The zero-order valence-electron chi connectivity index (χ0n) is 18.3. The van der Waals surface area contributed by atoms with Gasteiger partial charge < -0.3 is 14.0 Å². The molecule has 0 spiro atoms. The van der Waals surface area contributed by atoms with Crippen LogP contribution in [0.1, 0.15) is 41.5 Å². The number of aromatic nitrogens is 1. The Morgan fingerprint density at radius 3 is 2.41 bits per heavy atom. The highest BCUT2D eigenvalue weighted by molar-refractivity contribution is 7.99. The minimum Gasteiger partial charge on any atom is -0.465 e. The van der Waals surface area contributed by atoms with Crippen molar-refractivity contribution in [3.8, 4) is 0 Å². The number of esters is 2. The minimum atomic E-state index is -0.467. The SMILES string of the molecule is CCOC(=O)Cn1c(=NC(=O)c2ccc(SC(C)C)cc2)sc2cc(C(=O)OC)ccc21. The van der Waals surface area contributed by atoms with Crippen molar-refractivity contribution in [2.45, 2.75) is 37.5 Å². The van der Waals surface area contributed by atoms with Crippen molar-refractivity contribution < 1.29 is 23.9 Å². The number of methoxy groups -OCH3 is 1. The van der Waals surface area contributed by atoms with Gasteiger partial charge in [-0.2, -0.15) is 4.99 Å². The lowest BCUT2D eigenvalue weighted by atomic mass is 10.2. The van der Waals surface area contributed by atoms with Gasteiger partial charge in [0, 0.05) is 15.7 Å². The average molecular weight is 473 g/mol. The molecule has 7 nitrogen and oxygen atoms in total. The van der Waals surface area contributed by atoms with Crippen LogP contribution in [0.3, 0.4) is 0 Å². The molecule has 0 aliphatic rings. The summed E-state index contributed by atoms with van der Waals surface area (Å²) in [5, 5.41) is 0.441. The Morgan fingerprint density at radius 2 is 1.78 bits per heavy atom. The van der Waals surface area contributed by atoms with Crippen LogP contribution in [0.2, 0.25) is 0 Å². The van der Waals surface area contributed by atoms with E-state index < -0.39 is 17.8 Å². The highest BCUT2D eigenvalue weighted by atomic mass is 32.2. The predicted octanol–water partition coefficient (Wildman–Crippen LogP) is 4.29. The molecule has 32 heavy (non-hydrogen) atoms. The Balaban J connectivity index is 2.03. The quantitative estimate of drug-likeness (QED) is 0.377. The zero-order chi connectivity index (χ0) is 23.3. The Morgan fingerprint density at radius 1 is 1.09 bits per heavy atom. The first-order chi connectivity index (χ1) is 15.3. The number of hydrogen-bond acceptors (Lipinski definition) is 7. The van der Waals surface area contributed by atoms with Crippen molar-refractivity contribution in [2.24, 2.45) is 4.99 Å². The fourth-order valence-corrected chi connectivity index (χ4v) is 4.90. The second-order valence-corrected chi connectivity index (χ2v) is 9.72. The van der Waals surface area contributed by atoms with Crippen molar-refractivity contribution in [1.29, 1.82) is 0 Å². The van der Waals surface area contributed by atoms with Gasteiger partial charge in [-0.05, 0) is 49.4 Å². The van der Waals surface area contributed by atoms with Gasteiger partial charge in [-0.25, -0.2) is 4.79 Å². The van der Waals surface area contributed by atoms with Gasteiger partial charge in [-0.1, -0.05) is 25.2 Å². The van der Waals surface area contributed by atoms with Crippen molar-refractivity contribution in [1.82, 2.24) is 4.57 Å². The number of thioether (sulfide) groups is 1. The summed E-state index contributed by atoms with van der Waals surface area (Å²) < 4.78 is 12.2. The molecule has 3 rings (SSSR count). The maximum Gasteiger partial charge on any atom is 0.337 e. The van der Waals surface area contributed by atoms with Crippen LogP contribution in [0.15, 0.2) is 52.4 Å². The molecule has 0 fully saturated rings. The predicted molar refractivity (Wildman–Crippen MR) is 125 cm³/mol.